The Morgan fingerprint density at radius 2 is 1.55 bits per heavy atom. The Labute approximate surface area is 120 Å². The molecular formula is C18H21FO. The number of hydrogen-bond donors (Lipinski definition) is 1. The number of aliphatic hydroxyl groups is 1. The maximum Gasteiger partial charge on any atom is 0.129 e. The van der Waals surface area contributed by atoms with E-state index < -0.39 is 5.60 Å². The molecule has 0 fully saturated rings. The zero-order valence-corrected chi connectivity index (χ0v) is 12.1. The van der Waals surface area contributed by atoms with Gasteiger partial charge < -0.3 is 5.11 Å². The molecule has 1 atom stereocenters. The molecule has 0 spiro atoms. The highest BCUT2D eigenvalue weighted by Gasteiger charge is 2.30. The minimum absolute atomic E-state index is 0.345. The van der Waals surface area contributed by atoms with Gasteiger partial charge in [-0.25, -0.2) is 4.39 Å². The lowest BCUT2D eigenvalue weighted by Gasteiger charge is -2.28. The maximum absolute atomic E-state index is 13.9. The predicted octanol–water partition coefficient (Wildman–Crippen LogP) is 4.23. The van der Waals surface area contributed by atoms with E-state index >= 15 is 0 Å². The molecule has 2 aromatic carbocycles. The smallest absolute Gasteiger partial charge is 0.129 e. The number of benzene rings is 2. The van der Waals surface area contributed by atoms with E-state index in [0.29, 0.717) is 18.4 Å². The van der Waals surface area contributed by atoms with Crippen molar-refractivity contribution >= 4 is 0 Å². The van der Waals surface area contributed by atoms with Gasteiger partial charge >= 0.3 is 0 Å². The average molecular weight is 272 g/mol. The molecule has 0 aromatic heterocycles. The van der Waals surface area contributed by atoms with Crippen LogP contribution in [-0.4, -0.2) is 5.11 Å². The van der Waals surface area contributed by atoms with Crippen LogP contribution in [0.3, 0.4) is 0 Å². The quantitative estimate of drug-likeness (QED) is 0.863. The Kier molecular flexibility index (Phi) is 4.56. The van der Waals surface area contributed by atoms with E-state index in [-0.39, 0.29) is 5.82 Å². The first-order valence-electron chi connectivity index (χ1n) is 7.14. The Morgan fingerprint density at radius 1 is 0.950 bits per heavy atom. The molecule has 2 aromatic rings. The molecule has 0 radical (unpaired) electrons. The van der Waals surface area contributed by atoms with Gasteiger partial charge in [0, 0.05) is 12.0 Å². The molecule has 1 nitrogen and oxygen atoms in total. The van der Waals surface area contributed by atoms with Crippen molar-refractivity contribution in [1.82, 2.24) is 0 Å². The van der Waals surface area contributed by atoms with Crippen molar-refractivity contribution in [3.05, 3.63) is 71.0 Å². The summed E-state index contributed by atoms with van der Waals surface area (Å²) in [6.45, 7) is 3.99. The average Bonchev–Trinajstić information content (AvgIpc) is 2.48. The zero-order chi connectivity index (χ0) is 14.6. The van der Waals surface area contributed by atoms with Gasteiger partial charge in [0.15, 0.2) is 0 Å². The molecule has 0 aliphatic heterocycles. The molecule has 0 heterocycles. The zero-order valence-electron chi connectivity index (χ0n) is 12.1. The van der Waals surface area contributed by atoms with Crippen molar-refractivity contribution in [2.24, 2.45) is 0 Å². The number of halogens is 1. The molecule has 0 aliphatic rings. The predicted molar refractivity (Wildman–Crippen MR) is 80.1 cm³/mol. The third-order valence-corrected chi connectivity index (χ3v) is 3.89. The summed E-state index contributed by atoms with van der Waals surface area (Å²) < 4.78 is 13.9. The minimum atomic E-state index is -1.15. The van der Waals surface area contributed by atoms with Gasteiger partial charge in [-0.1, -0.05) is 56.3 Å². The Bertz CT molecular complexity index is 562. The molecule has 0 amide bonds. The monoisotopic (exact) mass is 272 g/mol. The number of hydrogen-bond acceptors (Lipinski definition) is 1. The van der Waals surface area contributed by atoms with Crippen LogP contribution < -0.4 is 0 Å². The fourth-order valence-corrected chi connectivity index (χ4v) is 2.48. The van der Waals surface area contributed by atoms with Crippen molar-refractivity contribution < 1.29 is 9.50 Å². The maximum atomic E-state index is 13.9. The first kappa shape index (κ1) is 14.7. The summed E-state index contributed by atoms with van der Waals surface area (Å²) in [5.74, 6) is -0.345. The van der Waals surface area contributed by atoms with Gasteiger partial charge in [0.05, 0.1) is 5.60 Å². The summed E-state index contributed by atoms with van der Waals surface area (Å²) in [6.07, 6.45) is 1.89. The second-order valence-electron chi connectivity index (χ2n) is 5.21. The third kappa shape index (κ3) is 3.07. The lowest BCUT2D eigenvalue weighted by atomic mass is 9.84. The van der Waals surface area contributed by atoms with Gasteiger partial charge in [0.2, 0.25) is 0 Å². The summed E-state index contributed by atoms with van der Waals surface area (Å²) in [5.41, 5.74) is 1.51. The van der Waals surface area contributed by atoms with Gasteiger partial charge in [-0.3, -0.25) is 0 Å². The first-order chi connectivity index (χ1) is 9.59. The summed E-state index contributed by atoms with van der Waals surface area (Å²) in [7, 11) is 0. The third-order valence-electron chi connectivity index (χ3n) is 3.89. The van der Waals surface area contributed by atoms with E-state index in [1.165, 1.54) is 11.6 Å². The van der Waals surface area contributed by atoms with Gasteiger partial charge in [0.25, 0.3) is 0 Å². The second-order valence-corrected chi connectivity index (χ2v) is 5.21. The van der Waals surface area contributed by atoms with Crippen LogP contribution in [0.2, 0.25) is 0 Å². The van der Waals surface area contributed by atoms with Crippen LogP contribution in [0.5, 0.6) is 0 Å². The van der Waals surface area contributed by atoms with Gasteiger partial charge in [-0.05, 0) is 30.0 Å². The van der Waals surface area contributed by atoms with E-state index in [1.54, 1.807) is 18.2 Å². The fraction of sp³-hybridized carbons (Fsp3) is 0.333. The van der Waals surface area contributed by atoms with E-state index in [4.69, 9.17) is 0 Å². The molecule has 0 saturated carbocycles. The normalized spacial score (nSPS) is 14.0. The van der Waals surface area contributed by atoms with Crippen LogP contribution in [0.1, 0.15) is 37.0 Å². The Hall–Kier alpha value is -1.67. The topological polar surface area (TPSA) is 20.2 Å². The van der Waals surface area contributed by atoms with Crippen molar-refractivity contribution in [1.29, 1.82) is 0 Å². The molecule has 1 N–H and O–H groups in total. The Morgan fingerprint density at radius 3 is 2.10 bits per heavy atom. The van der Waals surface area contributed by atoms with Crippen molar-refractivity contribution in [2.75, 3.05) is 0 Å². The molecule has 0 saturated heterocycles. The van der Waals surface area contributed by atoms with Crippen LogP contribution in [0.25, 0.3) is 0 Å². The van der Waals surface area contributed by atoms with E-state index in [9.17, 15) is 9.50 Å². The number of rotatable bonds is 5. The van der Waals surface area contributed by atoms with Crippen LogP contribution in [0, 0.1) is 5.82 Å². The molecule has 0 bridgehead atoms. The fourth-order valence-electron chi connectivity index (χ4n) is 2.48. The summed E-state index contributed by atoms with van der Waals surface area (Å²) in [5, 5.41) is 10.8. The molecule has 2 heteroatoms. The van der Waals surface area contributed by atoms with E-state index in [2.05, 4.69) is 19.1 Å². The summed E-state index contributed by atoms with van der Waals surface area (Å²) in [4.78, 5) is 0. The molecule has 20 heavy (non-hydrogen) atoms. The van der Waals surface area contributed by atoms with Gasteiger partial charge in [0.1, 0.15) is 5.82 Å². The highest BCUT2D eigenvalue weighted by Crippen LogP contribution is 2.31. The molecule has 0 aliphatic carbocycles. The Balaban J connectivity index is 2.29. The van der Waals surface area contributed by atoms with Crippen LogP contribution in [0.15, 0.2) is 48.5 Å². The second kappa shape index (κ2) is 6.19. The van der Waals surface area contributed by atoms with Crippen molar-refractivity contribution in [2.45, 2.75) is 38.7 Å². The van der Waals surface area contributed by atoms with E-state index in [0.717, 1.165) is 12.0 Å². The van der Waals surface area contributed by atoms with Gasteiger partial charge in [-0.15, -0.1) is 0 Å². The first-order valence-corrected chi connectivity index (χ1v) is 7.14. The van der Waals surface area contributed by atoms with Crippen molar-refractivity contribution in [3.8, 4) is 0 Å². The summed E-state index contributed by atoms with van der Waals surface area (Å²) >= 11 is 0. The molecular weight excluding hydrogens is 251 g/mol. The lowest BCUT2D eigenvalue weighted by Crippen LogP contribution is -2.29. The number of aryl methyl sites for hydroxylation is 1. The largest absolute Gasteiger partial charge is 0.385 e. The highest BCUT2D eigenvalue weighted by molar-refractivity contribution is 5.29. The molecule has 106 valence electrons. The molecule has 1 unspecified atom stereocenters. The standard InChI is InChI=1S/C18H21FO/c1-3-14-9-11-15(12-10-14)13-18(20,4-2)16-7-5-6-8-17(16)19/h5-12,20H,3-4,13H2,1-2H3. The summed E-state index contributed by atoms with van der Waals surface area (Å²) in [6, 6.07) is 14.6. The van der Waals surface area contributed by atoms with Crippen molar-refractivity contribution in [3.63, 3.8) is 0 Å². The highest BCUT2D eigenvalue weighted by atomic mass is 19.1. The van der Waals surface area contributed by atoms with Crippen LogP contribution in [0.4, 0.5) is 4.39 Å². The van der Waals surface area contributed by atoms with Gasteiger partial charge in [-0.2, -0.15) is 0 Å². The lowest BCUT2D eigenvalue weighted by molar-refractivity contribution is 0.0291. The van der Waals surface area contributed by atoms with Crippen LogP contribution >= 0.6 is 0 Å². The minimum Gasteiger partial charge on any atom is -0.385 e. The van der Waals surface area contributed by atoms with Crippen LogP contribution in [-0.2, 0) is 18.4 Å². The molecule has 2 rings (SSSR count). The van der Waals surface area contributed by atoms with E-state index in [1.807, 2.05) is 19.1 Å². The SMILES string of the molecule is CCc1ccc(CC(O)(CC)c2ccccc2F)cc1.